The lowest BCUT2D eigenvalue weighted by atomic mass is 9.92. The number of rotatable bonds is 9. The number of hydrogen-bond donors (Lipinski definition) is 1. The lowest BCUT2D eigenvalue weighted by Crippen LogP contribution is -2.48. The molecule has 0 aliphatic carbocycles. The molecule has 0 aromatic heterocycles. The maximum atomic E-state index is 12.7. The Morgan fingerprint density at radius 2 is 1.58 bits per heavy atom. The second kappa shape index (κ2) is 10.3. The second-order valence-electron chi connectivity index (χ2n) is 7.13. The fourth-order valence-electron chi connectivity index (χ4n) is 3.04. The molecule has 6 heteroatoms. The quantitative estimate of drug-likeness (QED) is 0.454. The van der Waals surface area contributed by atoms with E-state index in [0.29, 0.717) is 28.7 Å². The van der Waals surface area contributed by atoms with Crippen LogP contribution in [0.3, 0.4) is 0 Å². The van der Waals surface area contributed by atoms with Crippen LogP contribution in [0.1, 0.15) is 31.1 Å². The van der Waals surface area contributed by atoms with E-state index in [1.54, 1.807) is 55.5 Å². The molecule has 0 saturated carbocycles. The predicted octanol–water partition coefficient (Wildman–Crippen LogP) is 5.35. The summed E-state index contributed by atoms with van der Waals surface area (Å²) in [5.41, 5.74) is -0.106. The highest BCUT2D eigenvalue weighted by Gasteiger charge is 2.45. The summed E-state index contributed by atoms with van der Waals surface area (Å²) < 4.78 is 16.9. The smallest absolute Gasteiger partial charge is 0.353 e. The molecule has 31 heavy (non-hydrogen) atoms. The topological polar surface area (TPSA) is 65.0 Å². The Bertz CT molecular complexity index is 973. The third-order valence-corrected chi connectivity index (χ3v) is 5.04. The van der Waals surface area contributed by atoms with Gasteiger partial charge in [0.2, 0.25) is 5.60 Å². The summed E-state index contributed by atoms with van der Waals surface area (Å²) in [7, 11) is 0. The number of aliphatic hydroxyl groups is 1. The molecule has 0 bridgehead atoms. The van der Waals surface area contributed by atoms with E-state index in [1.165, 1.54) is 6.92 Å². The number of carbonyl (C=O) groups is 1. The molecule has 0 amide bonds. The molecule has 3 aromatic carbocycles. The monoisotopic (exact) mass is 440 g/mol. The Labute approximate surface area is 187 Å². The third-order valence-electron chi connectivity index (χ3n) is 4.79. The second-order valence-corrected chi connectivity index (χ2v) is 7.57. The number of halogens is 1. The lowest BCUT2D eigenvalue weighted by molar-refractivity contribution is -0.171. The Hall–Kier alpha value is -3.02. The van der Waals surface area contributed by atoms with Gasteiger partial charge in [0.05, 0.1) is 6.61 Å². The molecule has 1 N–H and O–H groups in total. The van der Waals surface area contributed by atoms with Crippen LogP contribution >= 0.6 is 11.6 Å². The van der Waals surface area contributed by atoms with Gasteiger partial charge in [-0.2, -0.15) is 0 Å². The van der Waals surface area contributed by atoms with Crippen LogP contribution in [0, 0.1) is 0 Å². The Kier molecular flexibility index (Phi) is 7.55. The summed E-state index contributed by atoms with van der Waals surface area (Å²) in [5, 5.41) is 11.6. The number of esters is 1. The minimum atomic E-state index is -1.66. The van der Waals surface area contributed by atoms with Crippen molar-refractivity contribution < 1.29 is 24.1 Å². The molecule has 5 nitrogen and oxygen atoms in total. The summed E-state index contributed by atoms with van der Waals surface area (Å²) in [6, 6.07) is 23.3. The van der Waals surface area contributed by atoms with Crippen molar-refractivity contribution in [1.29, 1.82) is 0 Å². The summed E-state index contributed by atoms with van der Waals surface area (Å²) in [6.07, 6.45) is -1.27. The molecular weight excluding hydrogens is 416 g/mol. The minimum Gasteiger partial charge on any atom is -0.489 e. The fraction of sp³-hybridized carbons (Fsp3) is 0.240. The van der Waals surface area contributed by atoms with Gasteiger partial charge in [-0.05, 0) is 61.4 Å². The van der Waals surface area contributed by atoms with Crippen LogP contribution < -0.4 is 9.47 Å². The van der Waals surface area contributed by atoms with Crippen molar-refractivity contribution in [2.75, 3.05) is 6.61 Å². The van der Waals surface area contributed by atoms with Gasteiger partial charge in [0.15, 0.2) is 0 Å². The minimum absolute atomic E-state index is 0.164. The van der Waals surface area contributed by atoms with Gasteiger partial charge in [0, 0.05) is 5.02 Å². The molecule has 3 aromatic rings. The molecule has 0 fully saturated rings. The molecule has 3 rings (SSSR count). The van der Waals surface area contributed by atoms with Crippen molar-refractivity contribution in [3.63, 3.8) is 0 Å². The Balaban J connectivity index is 1.77. The van der Waals surface area contributed by atoms with E-state index in [4.69, 9.17) is 25.8 Å². The number of hydrogen-bond acceptors (Lipinski definition) is 5. The van der Waals surface area contributed by atoms with E-state index in [0.717, 1.165) is 5.56 Å². The predicted molar refractivity (Wildman–Crippen MR) is 119 cm³/mol. The van der Waals surface area contributed by atoms with Crippen LogP contribution in [0.15, 0.2) is 78.9 Å². The van der Waals surface area contributed by atoms with E-state index in [9.17, 15) is 9.90 Å². The zero-order valence-corrected chi connectivity index (χ0v) is 18.2. The van der Waals surface area contributed by atoms with Crippen molar-refractivity contribution in [3.05, 3.63) is 95.0 Å². The molecule has 0 spiro atoms. The van der Waals surface area contributed by atoms with Crippen LogP contribution in [0.2, 0.25) is 5.02 Å². The molecule has 162 valence electrons. The largest absolute Gasteiger partial charge is 0.489 e. The molecule has 0 saturated heterocycles. The van der Waals surface area contributed by atoms with Crippen LogP contribution in [-0.4, -0.2) is 23.3 Å². The van der Waals surface area contributed by atoms with E-state index < -0.39 is 17.7 Å². The van der Waals surface area contributed by atoms with Gasteiger partial charge in [-0.25, -0.2) is 4.79 Å². The average Bonchev–Trinajstić information content (AvgIpc) is 2.80. The molecular formula is C25H25ClO5. The Morgan fingerprint density at radius 1 is 0.968 bits per heavy atom. The molecule has 0 radical (unpaired) electrons. The summed E-state index contributed by atoms with van der Waals surface area (Å²) in [4.78, 5) is 12.7. The van der Waals surface area contributed by atoms with Crippen molar-refractivity contribution >= 4 is 17.6 Å². The van der Waals surface area contributed by atoms with Crippen molar-refractivity contribution in [3.8, 4) is 11.5 Å². The van der Waals surface area contributed by atoms with Gasteiger partial charge < -0.3 is 19.3 Å². The van der Waals surface area contributed by atoms with Crippen molar-refractivity contribution in [2.24, 2.45) is 0 Å². The number of carbonyl (C=O) groups excluding carboxylic acids is 1. The molecule has 2 atom stereocenters. The zero-order valence-electron chi connectivity index (χ0n) is 17.5. The Morgan fingerprint density at radius 3 is 2.19 bits per heavy atom. The average molecular weight is 441 g/mol. The highest BCUT2D eigenvalue weighted by Crippen LogP contribution is 2.33. The fourth-order valence-corrected chi connectivity index (χ4v) is 3.16. The molecule has 0 heterocycles. The van der Waals surface area contributed by atoms with Gasteiger partial charge in [-0.1, -0.05) is 54.1 Å². The molecule has 0 aliphatic rings. The summed E-state index contributed by atoms with van der Waals surface area (Å²) >= 11 is 5.92. The maximum absolute atomic E-state index is 12.7. The van der Waals surface area contributed by atoms with Crippen LogP contribution in [0.25, 0.3) is 0 Å². The zero-order chi connectivity index (χ0) is 22.3. The van der Waals surface area contributed by atoms with Gasteiger partial charge >= 0.3 is 5.97 Å². The number of benzene rings is 3. The highest BCUT2D eigenvalue weighted by atomic mass is 35.5. The first-order valence-corrected chi connectivity index (χ1v) is 10.4. The first-order chi connectivity index (χ1) is 14.9. The summed E-state index contributed by atoms with van der Waals surface area (Å²) in [5.74, 6) is 0.375. The maximum Gasteiger partial charge on any atom is 0.353 e. The third kappa shape index (κ3) is 5.78. The van der Waals surface area contributed by atoms with E-state index in [-0.39, 0.29) is 6.61 Å². The van der Waals surface area contributed by atoms with Crippen molar-refractivity contribution in [1.82, 2.24) is 0 Å². The van der Waals surface area contributed by atoms with Crippen LogP contribution in [0.4, 0.5) is 0 Å². The van der Waals surface area contributed by atoms with E-state index in [1.807, 2.05) is 30.3 Å². The summed E-state index contributed by atoms with van der Waals surface area (Å²) in [6.45, 7) is 3.80. The van der Waals surface area contributed by atoms with E-state index in [2.05, 4.69) is 0 Å². The van der Waals surface area contributed by atoms with Gasteiger partial charge in [0.1, 0.15) is 24.2 Å². The first kappa shape index (κ1) is 22.7. The van der Waals surface area contributed by atoms with Crippen LogP contribution in [0.5, 0.6) is 11.5 Å². The van der Waals surface area contributed by atoms with Crippen LogP contribution in [-0.2, 0) is 16.1 Å². The van der Waals surface area contributed by atoms with Crippen molar-refractivity contribution in [2.45, 2.75) is 32.2 Å². The molecule has 0 aliphatic heterocycles. The number of aliphatic hydroxyl groups excluding tert-OH is 1. The van der Waals surface area contributed by atoms with Gasteiger partial charge in [-0.15, -0.1) is 0 Å². The van der Waals surface area contributed by atoms with Gasteiger partial charge in [0.25, 0.3) is 0 Å². The standard InChI is InChI=1S/C25H25ClO5/c1-3-29-24(28)25(2,31-22-15-11-20(26)12-16-22)23(27)19-9-13-21(14-10-19)30-17-18-7-5-4-6-8-18/h4-16,23,27H,3,17H2,1-2H3. The SMILES string of the molecule is CCOC(=O)C(C)(Oc1ccc(Cl)cc1)C(O)c1ccc(OCc2ccccc2)cc1. The van der Waals surface area contributed by atoms with E-state index >= 15 is 0 Å². The highest BCUT2D eigenvalue weighted by molar-refractivity contribution is 6.30. The normalized spacial score (nSPS) is 13.7. The first-order valence-electron chi connectivity index (χ1n) is 9.99. The number of ether oxygens (including phenoxy) is 3. The lowest BCUT2D eigenvalue weighted by Gasteiger charge is -2.33. The molecule has 2 unspecified atom stereocenters. The van der Waals surface area contributed by atoms with Gasteiger partial charge in [-0.3, -0.25) is 0 Å².